The molecule has 0 amide bonds. The number of hydrogen-bond donors (Lipinski definition) is 1. The van der Waals surface area contributed by atoms with Crippen molar-refractivity contribution >= 4 is 5.97 Å². The Bertz CT molecular complexity index is 123. The third-order valence-electron chi connectivity index (χ3n) is 1.68. The van der Waals surface area contributed by atoms with Gasteiger partial charge in [-0.1, -0.05) is 20.3 Å². The molecule has 0 rings (SSSR count). The van der Waals surface area contributed by atoms with E-state index in [-0.39, 0.29) is 0 Å². The second-order valence-corrected chi connectivity index (χ2v) is 2.83. The molecule has 2 atom stereocenters. The van der Waals surface area contributed by atoms with Crippen LogP contribution in [0.15, 0.2) is 0 Å². The van der Waals surface area contributed by atoms with Gasteiger partial charge in [-0.15, -0.1) is 0 Å². The van der Waals surface area contributed by atoms with Crippen LogP contribution in [0.25, 0.3) is 0 Å². The van der Waals surface area contributed by atoms with Gasteiger partial charge in [0.2, 0.25) is 0 Å². The Kier molecular flexibility index (Phi) is 4.86. The van der Waals surface area contributed by atoms with E-state index >= 15 is 0 Å². The summed E-state index contributed by atoms with van der Waals surface area (Å²) >= 11 is 0. The SMILES string of the molecule is CCC(C)CO[C@H](C)C(=O)O. The zero-order chi connectivity index (χ0) is 8.85. The summed E-state index contributed by atoms with van der Waals surface area (Å²) in [5.74, 6) is -0.454. The van der Waals surface area contributed by atoms with Crippen molar-refractivity contribution in [1.29, 1.82) is 0 Å². The molecule has 66 valence electrons. The van der Waals surface area contributed by atoms with E-state index in [1.165, 1.54) is 0 Å². The number of ether oxygens (including phenoxy) is 1. The van der Waals surface area contributed by atoms with Gasteiger partial charge in [-0.2, -0.15) is 0 Å². The van der Waals surface area contributed by atoms with Crippen molar-refractivity contribution in [2.75, 3.05) is 6.61 Å². The zero-order valence-electron chi connectivity index (χ0n) is 7.33. The second-order valence-electron chi connectivity index (χ2n) is 2.83. The lowest BCUT2D eigenvalue weighted by atomic mass is 10.1. The van der Waals surface area contributed by atoms with Crippen molar-refractivity contribution in [2.24, 2.45) is 5.92 Å². The molecule has 0 heterocycles. The average molecular weight is 160 g/mol. The Morgan fingerprint density at radius 1 is 1.55 bits per heavy atom. The summed E-state index contributed by atoms with van der Waals surface area (Å²) in [5, 5.41) is 8.44. The molecule has 0 aromatic heterocycles. The highest BCUT2D eigenvalue weighted by molar-refractivity contribution is 5.71. The topological polar surface area (TPSA) is 46.5 Å². The predicted molar refractivity (Wildman–Crippen MR) is 42.5 cm³/mol. The molecule has 11 heavy (non-hydrogen) atoms. The van der Waals surface area contributed by atoms with Crippen molar-refractivity contribution < 1.29 is 14.6 Å². The fourth-order valence-corrected chi connectivity index (χ4v) is 0.498. The van der Waals surface area contributed by atoms with Crippen LogP contribution in [0.1, 0.15) is 27.2 Å². The minimum absolute atomic E-state index is 0.441. The molecule has 0 radical (unpaired) electrons. The summed E-state index contributed by atoms with van der Waals surface area (Å²) in [6.45, 7) is 6.17. The molecule has 1 N–H and O–H groups in total. The quantitative estimate of drug-likeness (QED) is 0.663. The maximum Gasteiger partial charge on any atom is 0.332 e. The molecule has 0 aromatic rings. The van der Waals surface area contributed by atoms with Gasteiger partial charge in [0.25, 0.3) is 0 Å². The summed E-state index contributed by atoms with van der Waals surface area (Å²) in [4.78, 5) is 10.3. The van der Waals surface area contributed by atoms with E-state index in [4.69, 9.17) is 9.84 Å². The predicted octanol–water partition coefficient (Wildman–Crippen LogP) is 1.52. The van der Waals surface area contributed by atoms with E-state index in [0.717, 1.165) is 6.42 Å². The Morgan fingerprint density at radius 2 is 2.09 bits per heavy atom. The van der Waals surface area contributed by atoms with E-state index in [2.05, 4.69) is 6.92 Å². The van der Waals surface area contributed by atoms with Crippen LogP contribution < -0.4 is 0 Å². The summed E-state index contributed by atoms with van der Waals surface area (Å²) < 4.78 is 5.06. The molecule has 0 bridgehead atoms. The van der Waals surface area contributed by atoms with Gasteiger partial charge in [-0.3, -0.25) is 0 Å². The van der Waals surface area contributed by atoms with Crippen molar-refractivity contribution in [3.63, 3.8) is 0 Å². The Labute approximate surface area is 67.4 Å². The first kappa shape index (κ1) is 10.4. The standard InChI is InChI=1S/C8H16O3/c1-4-6(2)5-11-7(3)8(9)10/h6-7H,4-5H2,1-3H3,(H,9,10)/t6?,7-/m1/s1. The molecule has 0 spiro atoms. The Morgan fingerprint density at radius 3 is 2.45 bits per heavy atom. The summed E-state index contributed by atoms with van der Waals surface area (Å²) in [7, 11) is 0. The van der Waals surface area contributed by atoms with Crippen LogP contribution in [-0.2, 0) is 9.53 Å². The lowest BCUT2D eigenvalue weighted by Gasteiger charge is -2.11. The third kappa shape index (κ3) is 4.79. The fourth-order valence-electron chi connectivity index (χ4n) is 0.498. The fraction of sp³-hybridized carbons (Fsp3) is 0.875. The van der Waals surface area contributed by atoms with Gasteiger partial charge < -0.3 is 9.84 Å². The number of rotatable bonds is 5. The number of carboxylic acid groups (broad SMARTS) is 1. The van der Waals surface area contributed by atoms with Crippen molar-refractivity contribution in [3.05, 3.63) is 0 Å². The molecular weight excluding hydrogens is 144 g/mol. The highest BCUT2D eigenvalue weighted by atomic mass is 16.5. The monoisotopic (exact) mass is 160 g/mol. The van der Waals surface area contributed by atoms with Crippen molar-refractivity contribution in [3.8, 4) is 0 Å². The molecule has 0 aliphatic rings. The molecule has 3 heteroatoms. The van der Waals surface area contributed by atoms with Crippen molar-refractivity contribution in [1.82, 2.24) is 0 Å². The summed E-state index contributed by atoms with van der Waals surface area (Å²) in [5.41, 5.74) is 0. The van der Waals surface area contributed by atoms with Gasteiger partial charge in [0.1, 0.15) is 0 Å². The highest BCUT2D eigenvalue weighted by Crippen LogP contribution is 2.02. The van der Waals surface area contributed by atoms with Gasteiger partial charge in [-0.05, 0) is 12.8 Å². The van der Waals surface area contributed by atoms with Crippen LogP contribution in [0.3, 0.4) is 0 Å². The molecule has 1 unspecified atom stereocenters. The maximum atomic E-state index is 10.3. The maximum absolute atomic E-state index is 10.3. The molecule has 0 aliphatic heterocycles. The summed E-state index contributed by atoms with van der Waals surface area (Å²) in [6.07, 6.45) is 0.343. The lowest BCUT2D eigenvalue weighted by molar-refractivity contribution is -0.149. The molecule has 0 aromatic carbocycles. The van der Waals surface area contributed by atoms with E-state index in [1.54, 1.807) is 6.92 Å². The van der Waals surface area contributed by atoms with Gasteiger partial charge >= 0.3 is 5.97 Å². The largest absolute Gasteiger partial charge is 0.479 e. The van der Waals surface area contributed by atoms with Crippen LogP contribution in [0.5, 0.6) is 0 Å². The van der Waals surface area contributed by atoms with Gasteiger partial charge in [0.15, 0.2) is 6.10 Å². The minimum Gasteiger partial charge on any atom is -0.479 e. The first-order valence-electron chi connectivity index (χ1n) is 3.92. The highest BCUT2D eigenvalue weighted by Gasteiger charge is 2.11. The zero-order valence-corrected chi connectivity index (χ0v) is 7.33. The van der Waals surface area contributed by atoms with Crippen LogP contribution in [0.4, 0.5) is 0 Å². The lowest BCUT2D eigenvalue weighted by Crippen LogP contribution is -2.22. The first-order valence-corrected chi connectivity index (χ1v) is 3.92. The van der Waals surface area contributed by atoms with Crippen LogP contribution in [0.2, 0.25) is 0 Å². The molecule has 0 fully saturated rings. The van der Waals surface area contributed by atoms with Gasteiger partial charge in [0, 0.05) is 0 Å². The normalized spacial score (nSPS) is 15.9. The molecular formula is C8H16O3. The molecule has 0 saturated heterocycles. The van der Waals surface area contributed by atoms with Crippen molar-refractivity contribution in [2.45, 2.75) is 33.3 Å². The number of carboxylic acids is 1. The van der Waals surface area contributed by atoms with Crippen LogP contribution in [0, 0.1) is 5.92 Å². The first-order chi connectivity index (χ1) is 5.07. The van der Waals surface area contributed by atoms with E-state index in [0.29, 0.717) is 12.5 Å². The van der Waals surface area contributed by atoms with E-state index in [1.807, 2.05) is 6.92 Å². The van der Waals surface area contributed by atoms with E-state index < -0.39 is 12.1 Å². The molecule has 0 saturated carbocycles. The number of aliphatic carboxylic acids is 1. The minimum atomic E-state index is -0.895. The Balaban J connectivity index is 3.45. The smallest absolute Gasteiger partial charge is 0.332 e. The van der Waals surface area contributed by atoms with Crippen LogP contribution >= 0.6 is 0 Å². The molecule has 0 aliphatic carbocycles. The average Bonchev–Trinajstić information content (AvgIpc) is 1.99. The van der Waals surface area contributed by atoms with Gasteiger partial charge in [0.05, 0.1) is 6.61 Å². The van der Waals surface area contributed by atoms with Crippen LogP contribution in [-0.4, -0.2) is 23.8 Å². The third-order valence-corrected chi connectivity index (χ3v) is 1.68. The summed E-state index contributed by atoms with van der Waals surface area (Å²) in [6, 6.07) is 0. The number of carbonyl (C=O) groups is 1. The van der Waals surface area contributed by atoms with Gasteiger partial charge in [-0.25, -0.2) is 4.79 Å². The second kappa shape index (κ2) is 5.13. The number of hydrogen-bond acceptors (Lipinski definition) is 2. The molecule has 3 nitrogen and oxygen atoms in total. The van der Waals surface area contributed by atoms with E-state index in [9.17, 15) is 4.79 Å². The Hall–Kier alpha value is -0.570.